The predicted octanol–water partition coefficient (Wildman–Crippen LogP) is -1.63. The highest BCUT2D eigenvalue weighted by Gasteiger charge is 2.32. The molecule has 2 amide bonds. The number of carbonyl (C=O) groups excluding carboxylic acids is 3. The van der Waals surface area contributed by atoms with Crippen LogP contribution in [-0.4, -0.2) is 106 Å². The molecule has 34 heavy (non-hydrogen) atoms. The molecule has 0 radical (unpaired) electrons. The fraction of sp³-hybridized carbons (Fsp3) is 0.526. The van der Waals surface area contributed by atoms with Gasteiger partial charge in [0.05, 0.1) is 62.5 Å². The van der Waals surface area contributed by atoms with E-state index in [1.807, 2.05) is 45.2 Å². The average Bonchev–Trinajstić information content (AvgIpc) is 2.79. The zero-order chi connectivity index (χ0) is 26.2. The van der Waals surface area contributed by atoms with E-state index in [-0.39, 0.29) is 52.9 Å². The van der Waals surface area contributed by atoms with Gasteiger partial charge in [0.2, 0.25) is 0 Å². The summed E-state index contributed by atoms with van der Waals surface area (Å²) in [5.74, 6) is -1.74. The highest BCUT2D eigenvalue weighted by Crippen LogP contribution is 2.38. The lowest BCUT2D eigenvalue weighted by molar-refractivity contribution is -0.116. The second kappa shape index (κ2) is 15.0. The van der Waals surface area contributed by atoms with Crippen LogP contribution in [-0.2, 0) is 4.79 Å². The first-order valence-electron chi connectivity index (χ1n) is 9.80. The lowest BCUT2D eigenvalue weighted by atomic mass is 10.1. The molecule has 0 saturated carbocycles. The number of benzene rings is 1. The summed E-state index contributed by atoms with van der Waals surface area (Å²) in [5.41, 5.74) is 0.167. The Balaban J connectivity index is 3.76. The topological polar surface area (TPSA) is 200 Å². The van der Waals surface area contributed by atoms with Crippen molar-refractivity contribution in [2.45, 2.75) is 25.4 Å². The summed E-state index contributed by atoms with van der Waals surface area (Å²) in [7, 11) is 0. The SMILES string of the molecule is CC(=O)CN(c1c(I)c(C(=O)NCC(O)CO)c(I)c(C(=O)NCC(O)CO)c1I)C(O)CO. The number of anilines is 1. The molecule has 0 aromatic heterocycles. The monoisotopic (exact) mass is 821 g/mol. The van der Waals surface area contributed by atoms with Crippen LogP contribution >= 0.6 is 67.8 Å². The Labute approximate surface area is 236 Å². The van der Waals surface area contributed by atoms with Gasteiger partial charge >= 0.3 is 0 Å². The minimum Gasteiger partial charge on any atom is -0.394 e. The number of halogens is 3. The Morgan fingerprint density at radius 1 is 0.794 bits per heavy atom. The maximum atomic E-state index is 13.0. The van der Waals surface area contributed by atoms with E-state index < -0.39 is 50.1 Å². The Morgan fingerprint density at radius 3 is 1.53 bits per heavy atom. The Bertz CT molecular complexity index is 850. The van der Waals surface area contributed by atoms with Crippen LogP contribution in [0.4, 0.5) is 5.69 Å². The van der Waals surface area contributed by atoms with Gasteiger partial charge in [-0.1, -0.05) is 0 Å². The van der Waals surface area contributed by atoms with Crippen molar-refractivity contribution in [2.75, 3.05) is 44.4 Å². The zero-order valence-electron chi connectivity index (χ0n) is 18.0. The van der Waals surface area contributed by atoms with Crippen LogP contribution in [0.5, 0.6) is 0 Å². The van der Waals surface area contributed by atoms with E-state index in [1.54, 1.807) is 22.6 Å². The fourth-order valence-electron chi connectivity index (χ4n) is 2.70. The van der Waals surface area contributed by atoms with Gasteiger partial charge in [-0.05, 0) is 74.7 Å². The standard InChI is InChI=1S/C19H26I3N3O9/c1-8(29)4-25(11(32)7-28)17-15(21)12(18(33)23-2-9(30)5-26)14(20)13(16(17)22)19(34)24-3-10(31)6-27/h9-11,26-28,30-32H,2-7H2,1H3,(H,23,33)(H,24,34). The van der Waals surface area contributed by atoms with Gasteiger partial charge in [0.25, 0.3) is 11.8 Å². The molecule has 192 valence electrons. The molecule has 0 heterocycles. The van der Waals surface area contributed by atoms with Crippen molar-refractivity contribution in [1.29, 1.82) is 0 Å². The van der Waals surface area contributed by atoms with Gasteiger partial charge in [-0.3, -0.25) is 14.4 Å². The second-order valence-corrected chi connectivity index (χ2v) is 10.4. The number of aliphatic hydroxyl groups excluding tert-OH is 6. The molecule has 1 aromatic rings. The third kappa shape index (κ3) is 8.32. The van der Waals surface area contributed by atoms with Gasteiger partial charge < -0.3 is 46.2 Å². The molecule has 0 fully saturated rings. The van der Waals surface area contributed by atoms with E-state index >= 15 is 0 Å². The van der Waals surface area contributed by atoms with Crippen molar-refractivity contribution in [3.63, 3.8) is 0 Å². The zero-order valence-corrected chi connectivity index (χ0v) is 24.4. The lowest BCUT2D eigenvalue weighted by Crippen LogP contribution is -2.43. The smallest absolute Gasteiger partial charge is 0.253 e. The number of nitrogens with one attached hydrogen (secondary N) is 2. The van der Waals surface area contributed by atoms with E-state index in [1.165, 1.54) is 11.8 Å². The molecule has 8 N–H and O–H groups in total. The second-order valence-electron chi connectivity index (χ2n) is 7.13. The van der Waals surface area contributed by atoms with Gasteiger partial charge in [0, 0.05) is 16.7 Å². The molecule has 0 aliphatic heterocycles. The number of hydrogen-bond acceptors (Lipinski definition) is 10. The summed E-state index contributed by atoms with van der Waals surface area (Å²) >= 11 is 5.46. The molecule has 0 aliphatic carbocycles. The molecular weight excluding hydrogens is 795 g/mol. The number of amides is 2. The van der Waals surface area contributed by atoms with Gasteiger partial charge in [0.1, 0.15) is 5.78 Å². The fourth-order valence-corrected chi connectivity index (χ4v) is 7.47. The minimum absolute atomic E-state index is 0.00769. The van der Waals surface area contributed by atoms with Crippen LogP contribution < -0.4 is 15.5 Å². The van der Waals surface area contributed by atoms with Crippen molar-refractivity contribution < 1.29 is 45.0 Å². The summed E-state index contributed by atoms with van der Waals surface area (Å²) in [5, 5.41) is 62.1. The molecule has 3 atom stereocenters. The number of rotatable bonds is 13. The van der Waals surface area contributed by atoms with Crippen LogP contribution in [0.15, 0.2) is 0 Å². The molecule has 1 rings (SSSR count). The van der Waals surface area contributed by atoms with Crippen LogP contribution in [0.1, 0.15) is 27.6 Å². The highest BCUT2D eigenvalue weighted by atomic mass is 127. The van der Waals surface area contributed by atoms with Crippen molar-refractivity contribution in [3.05, 3.63) is 21.8 Å². The van der Waals surface area contributed by atoms with E-state index in [9.17, 15) is 34.8 Å². The number of aliphatic hydroxyl groups is 6. The number of hydrogen-bond donors (Lipinski definition) is 8. The summed E-state index contributed by atoms with van der Waals surface area (Å²) in [6.07, 6.45) is -3.95. The number of nitrogens with zero attached hydrogens (tertiary/aromatic N) is 1. The van der Waals surface area contributed by atoms with Crippen LogP contribution in [0.25, 0.3) is 0 Å². The molecule has 3 unspecified atom stereocenters. The number of Topliss-reactive ketones (excluding diaryl/α,β-unsaturated/α-hetero) is 1. The Kier molecular flexibility index (Phi) is 13.9. The first-order chi connectivity index (χ1) is 15.9. The molecule has 1 aromatic carbocycles. The third-order valence-corrected chi connectivity index (χ3v) is 7.55. The minimum atomic E-state index is -1.52. The summed E-state index contributed by atoms with van der Waals surface area (Å²) in [6, 6.07) is 0. The highest BCUT2D eigenvalue weighted by molar-refractivity contribution is 14.1. The molecular formula is C19H26I3N3O9. The normalized spacial score (nSPS) is 13.7. The van der Waals surface area contributed by atoms with Crippen molar-refractivity contribution in [1.82, 2.24) is 10.6 Å². The van der Waals surface area contributed by atoms with Gasteiger partial charge in [-0.25, -0.2) is 0 Å². The van der Waals surface area contributed by atoms with E-state index in [2.05, 4.69) is 10.6 Å². The van der Waals surface area contributed by atoms with Crippen molar-refractivity contribution in [3.8, 4) is 0 Å². The van der Waals surface area contributed by atoms with Crippen molar-refractivity contribution in [2.24, 2.45) is 0 Å². The quantitative estimate of drug-likeness (QED) is 0.0846. The first-order valence-corrected chi connectivity index (χ1v) is 13.0. The molecule has 0 bridgehead atoms. The van der Waals surface area contributed by atoms with Crippen molar-refractivity contribution >= 4 is 91.1 Å². The van der Waals surface area contributed by atoms with E-state index in [0.29, 0.717) is 0 Å². The molecule has 0 spiro atoms. The Hall–Kier alpha value is -0.420. The molecule has 15 heteroatoms. The van der Waals surface area contributed by atoms with Crippen LogP contribution in [0.2, 0.25) is 0 Å². The van der Waals surface area contributed by atoms with E-state index in [0.717, 1.165) is 0 Å². The van der Waals surface area contributed by atoms with Crippen LogP contribution in [0, 0.1) is 10.7 Å². The van der Waals surface area contributed by atoms with E-state index in [4.69, 9.17) is 10.2 Å². The number of carbonyl (C=O) groups is 3. The number of ketones is 1. The summed E-state index contributed by atoms with van der Waals surface area (Å²) in [4.78, 5) is 39.1. The van der Waals surface area contributed by atoms with Gasteiger partial charge in [-0.15, -0.1) is 0 Å². The van der Waals surface area contributed by atoms with Gasteiger partial charge in [0.15, 0.2) is 6.23 Å². The summed E-state index contributed by atoms with van der Waals surface area (Å²) in [6.45, 7) is -1.50. The first kappa shape index (κ1) is 31.6. The predicted molar refractivity (Wildman–Crippen MR) is 147 cm³/mol. The largest absolute Gasteiger partial charge is 0.394 e. The van der Waals surface area contributed by atoms with Gasteiger partial charge in [-0.2, -0.15) is 0 Å². The molecule has 0 aliphatic rings. The molecule has 0 saturated heterocycles. The Morgan fingerprint density at radius 2 is 1.21 bits per heavy atom. The average molecular weight is 821 g/mol. The summed E-state index contributed by atoms with van der Waals surface area (Å²) < 4.78 is 0.745. The van der Waals surface area contributed by atoms with Crippen LogP contribution in [0.3, 0.4) is 0 Å². The maximum Gasteiger partial charge on any atom is 0.253 e. The maximum absolute atomic E-state index is 13.0. The third-order valence-electron chi connectivity index (χ3n) is 4.37. The molecule has 12 nitrogen and oxygen atoms in total. The lowest BCUT2D eigenvalue weighted by Gasteiger charge is -2.32.